The third-order valence-electron chi connectivity index (χ3n) is 3.05. The SMILES string of the molecule is Nc1cnc2c(n1)CCCc1ccc(Br)cc1-2. The van der Waals surface area contributed by atoms with Crippen molar-refractivity contribution in [3.8, 4) is 11.3 Å². The first kappa shape index (κ1) is 10.7. The van der Waals surface area contributed by atoms with Gasteiger partial charge in [0.25, 0.3) is 0 Å². The first-order valence-corrected chi connectivity index (χ1v) is 6.43. The molecule has 0 unspecified atom stereocenters. The molecule has 0 atom stereocenters. The van der Waals surface area contributed by atoms with Gasteiger partial charge in [0.1, 0.15) is 5.82 Å². The maximum atomic E-state index is 5.70. The molecule has 2 aromatic rings. The lowest BCUT2D eigenvalue weighted by molar-refractivity contribution is 0.812. The Morgan fingerprint density at radius 2 is 2.12 bits per heavy atom. The summed E-state index contributed by atoms with van der Waals surface area (Å²) < 4.78 is 1.07. The van der Waals surface area contributed by atoms with Gasteiger partial charge in [0.05, 0.1) is 17.6 Å². The van der Waals surface area contributed by atoms with Gasteiger partial charge in [-0.3, -0.25) is 4.98 Å². The molecule has 1 aliphatic rings. The number of aromatic nitrogens is 2. The quantitative estimate of drug-likeness (QED) is 0.811. The molecule has 1 aliphatic carbocycles. The van der Waals surface area contributed by atoms with E-state index in [9.17, 15) is 0 Å². The number of fused-ring (bicyclic) bond motifs is 3. The van der Waals surface area contributed by atoms with Crippen molar-refractivity contribution in [2.75, 3.05) is 5.73 Å². The van der Waals surface area contributed by atoms with Crippen LogP contribution in [0.5, 0.6) is 0 Å². The fraction of sp³-hybridized carbons (Fsp3) is 0.231. The fourth-order valence-corrected chi connectivity index (χ4v) is 2.64. The predicted octanol–water partition coefficient (Wildman–Crippen LogP) is 2.98. The summed E-state index contributed by atoms with van der Waals surface area (Å²) >= 11 is 3.51. The van der Waals surface area contributed by atoms with E-state index in [-0.39, 0.29) is 0 Å². The van der Waals surface area contributed by atoms with E-state index < -0.39 is 0 Å². The molecule has 2 N–H and O–H groups in total. The van der Waals surface area contributed by atoms with Crippen molar-refractivity contribution < 1.29 is 0 Å². The monoisotopic (exact) mass is 289 g/mol. The lowest BCUT2D eigenvalue weighted by Crippen LogP contribution is -2.00. The van der Waals surface area contributed by atoms with E-state index in [0.717, 1.165) is 35.1 Å². The molecule has 0 fully saturated rings. The third kappa shape index (κ3) is 1.93. The predicted molar refractivity (Wildman–Crippen MR) is 71.6 cm³/mol. The number of benzene rings is 1. The van der Waals surface area contributed by atoms with E-state index in [1.807, 2.05) is 0 Å². The summed E-state index contributed by atoms with van der Waals surface area (Å²) in [5.74, 6) is 0.502. The number of halogens is 1. The van der Waals surface area contributed by atoms with E-state index in [1.165, 1.54) is 11.1 Å². The van der Waals surface area contributed by atoms with E-state index in [2.05, 4.69) is 44.1 Å². The third-order valence-corrected chi connectivity index (χ3v) is 3.54. The Labute approximate surface area is 108 Å². The number of nitrogens with two attached hydrogens (primary N) is 1. The zero-order valence-corrected chi connectivity index (χ0v) is 10.9. The molecular formula is C13H12BrN3. The van der Waals surface area contributed by atoms with E-state index in [1.54, 1.807) is 6.20 Å². The number of aryl methyl sites for hydroxylation is 2. The zero-order valence-electron chi connectivity index (χ0n) is 9.28. The molecule has 0 saturated heterocycles. The van der Waals surface area contributed by atoms with Crippen LogP contribution in [0, 0.1) is 0 Å². The van der Waals surface area contributed by atoms with E-state index in [4.69, 9.17) is 5.73 Å². The Morgan fingerprint density at radius 1 is 1.24 bits per heavy atom. The van der Waals surface area contributed by atoms with Gasteiger partial charge in [-0.25, -0.2) is 4.98 Å². The molecule has 1 aromatic carbocycles. The molecule has 86 valence electrons. The highest BCUT2D eigenvalue weighted by Gasteiger charge is 2.17. The highest BCUT2D eigenvalue weighted by molar-refractivity contribution is 9.10. The molecule has 4 heteroatoms. The van der Waals surface area contributed by atoms with Crippen molar-refractivity contribution in [3.63, 3.8) is 0 Å². The van der Waals surface area contributed by atoms with E-state index in [0.29, 0.717) is 5.82 Å². The summed E-state index contributed by atoms with van der Waals surface area (Å²) in [5, 5.41) is 0. The van der Waals surface area contributed by atoms with Gasteiger partial charge >= 0.3 is 0 Å². The highest BCUT2D eigenvalue weighted by Crippen LogP contribution is 2.32. The number of hydrogen-bond donors (Lipinski definition) is 1. The average Bonchev–Trinajstić information content (AvgIpc) is 2.47. The van der Waals surface area contributed by atoms with Crippen molar-refractivity contribution in [2.45, 2.75) is 19.3 Å². The Hall–Kier alpha value is -1.42. The van der Waals surface area contributed by atoms with Crippen LogP contribution in [0.2, 0.25) is 0 Å². The maximum absolute atomic E-state index is 5.70. The van der Waals surface area contributed by atoms with Gasteiger partial charge in [-0.15, -0.1) is 0 Å². The van der Waals surface area contributed by atoms with Gasteiger partial charge in [-0.1, -0.05) is 22.0 Å². The minimum Gasteiger partial charge on any atom is -0.382 e. The molecule has 0 spiro atoms. The summed E-state index contributed by atoms with van der Waals surface area (Å²) in [6.07, 6.45) is 4.74. The topological polar surface area (TPSA) is 51.8 Å². The normalized spacial score (nSPS) is 13.7. The van der Waals surface area contributed by atoms with Gasteiger partial charge in [0.15, 0.2) is 0 Å². The lowest BCUT2D eigenvalue weighted by Gasteiger charge is -2.08. The van der Waals surface area contributed by atoms with Crippen LogP contribution in [0.15, 0.2) is 28.9 Å². The molecule has 3 nitrogen and oxygen atoms in total. The Bertz CT molecular complexity index is 581. The van der Waals surface area contributed by atoms with Crippen molar-refractivity contribution >= 4 is 21.7 Å². The minimum absolute atomic E-state index is 0.502. The molecule has 0 radical (unpaired) electrons. The fourth-order valence-electron chi connectivity index (χ4n) is 2.28. The maximum Gasteiger partial charge on any atom is 0.142 e. The standard InChI is InChI=1S/C13H12BrN3/c14-9-5-4-8-2-1-3-11-13(10(8)6-9)16-7-12(15)17-11/h4-7H,1-3H2,(H2,15,17). The summed E-state index contributed by atoms with van der Waals surface area (Å²) in [6, 6.07) is 6.35. The van der Waals surface area contributed by atoms with Crippen molar-refractivity contribution in [3.05, 3.63) is 40.1 Å². The summed E-state index contributed by atoms with van der Waals surface area (Å²) in [6.45, 7) is 0. The van der Waals surface area contributed by atoms with Crippen LogP contribution in [-0.4, -0.2) is 9.97 Å². The highest BCUT2D eigenvalue weighted by atomic mass is 79.9. The molecule has 3 rings (SSSR count). The van der Waals surface area contributed by atoms with Crippen LogP contribution < -0.4 is 5.73 Å². The number of hydrogen-bond acceptors (Lipinski definition) is 3. The molecule has 1 heterocycles. The van der Waals surface area contributed by atoms with Crippen LogP contribution in [0.3, 0.4) is 0 Å². The van der Waals surface area contributed by atoms with Gasteiger partial charge in [0, 0.05) is 10.0 Å². The van der Waals surface area contributed by atoms with Gasteiger partial charge in [-0.05, 0) is 37.0 Å². The first-order valence-electron chi connectivity index (χ1n) is 5.64. The second kappa shape index (κ2) is 4.11. The van der Waals surface area contributed by atoms with Crippen molar-refractivity contribution in [1.29, 1.82) is 0 Å². The van der Waals surface area contributed by atoms with E-state index >= 15 is 0 Å². The number of nitrogen functional groups attached to an aromatic ring is 1. The summed E-state index contributed by atoms with van der Waals surface area (Å²) in [5.41, 5.74) is 10.2. The van der Waals surface area contributed by atoms with Crippen molar-refractivity contribution in [1.82, 2.24) is 9.97 Å². The summed E-state index contributed by atoms with van der Waals surface area (Å²) in [7, 11) is 0. The van der Waals surface area contributed by atoms with Gasteiger partial charge in [0.2, 0.25) is 0 Å². The van der Waals surface area contributed by atoms with Crippen LogP contribution in [0.25, 0.3) is 11.3 Å². The second-order valence-corrected chi connectivity index (χ2v) is 5.16. The van der Waals surface area contributed by atoms with Crippen molar-refractivity contribution in [2.24, 2.45) is 0 Å². The Balaban J connectivity index is 2.26. The largest absolute Gasteiger partial charge is 0.382 e. The molecule has 0 saturated carbocycles. The second-order valence-electron chi connectivity index (χ2n) is 4.25. The Kier molecular flexibility index (Phi) is 2.59. The van der Waals surface area contributed by atoms with Crippen LogP contribution in [0.1, 0.15) is 17.7 Å². The first-order chi connectivity index (χ1) is 8.24. The summed E-state index contributed by atoms with van der Waals surface area (Å²) in [4.78, 5) is 8.86. The molecule has 0 bridgehead atoms. The number of rotatable bonds is 0. The Morgan fingerprint density at radius 3 is 3.00 bits per heavy atom. The van der Waals surface area contributed by atoms with Crippen LogP contribution in [-0.2, 0) is 12.8 Å². The zero-order chi connectivity index (χ0) is 11.8. The molecule has 0 aliphatic heterocycles. The van der Waals surface area contributed by atoms with Crippen LogP contribution in [0.4, 0.5) is 5.82 Å². The van der Waals surface area contributed by atoms with Crippen LogP contribution >= 0.6 is 15.9 Å². The number of anilines is 1. The molecule has 1 aromatic heterocycles. The molecular weight excluding hydrogens is 278 g/mol. The van der Waals surface area contributed by atoms with Gasteiger partial charge < -0.3 is 5.73 Å². The average molecular weight is 290 g/mol. The minimum atomic E-state index is 0.502. The molecule has 17 heavy (non-hydrogen) atoms. The van der Waals surface area contributed by atoms with Gasteiger partial charge in [-0.2, -0.15) is 0 Å². The smallest absolute Gasteiger partial charge is 0.142 e. The molecule has 0 amide bonds. The lowest BCUT2D eigenvalue weighted by atomic mass is 10.0. The number of nitrogens with zero attached hydrogens (tertiary/aromatic N) is 2.